The number of alkyl halides is 1. The number of methoxy groups -OCH3 is 2. The fourth-order valence-electron chi connectivity index (χ4n) is 12.6. The van der Waals surface area contributed by atoms with Crippen LogP contribution in [0.3, 0.4) is 0 Å². The lowest BCUT2D eigenvalue weighted by Crippen LogP contribution is -2.62. The van der Waals surface area contributed by atoms with Gasteiger partial charge in [0.05, 0.1) is 64.6 Å². The molecule has 1 aromatic carbocycles. The van der Waals surface area contributed by atoms with E-state index in [0.717, 1.165) is 19.1 Å². The van der Waals surface area contributed by atoms with E-state index in [1.54, 1.807) is 72.5 Å². The van der Waals surface area contributed by atoms with Gasteiger partial charge >= 0.3 is 12.1 Å². The van der Waals surface area contributed by atoms with Crippen LogP contribution in [0, 0.1) is 23.7 Å². The number of ether oxygens (including phenoxy) is 9. The Kier molecular flexibility index (Phi) is 22.0. The van der Waals surface area contributed by atoms with Crippen LogP contribution in [-0.4, -0.2) is 202 Å². The molecule has 1 aliphatic carbocycles. The van der Waals surface area contributed by atoms with Crippen LogP contribution >= 0.6 is 0 Å². The van der Waals surface area contributed by atoms with Crippen molar-refractivity contribution in [2.75, 3.05) is 53.9 Å². The number of benzene rings is 1. The normalized spacial score (nSPS) is 38.4. The van der Waals surface area contributed by atoms with E-state index in [1.165, 1.54) is 26.4 Å². The average molecular weight is 1140 g/mol. The molecule has 19 atom stereocenters. The first-order chi connectivity index (χ1) is 37.0. The fraction of sp³-hybridized carbons (Fsp3) is 0.825. The van der Waals surface area contributed by atoms with Crippen molar-refractivity contribution < 1.29 is 84.8 Å². The summed E-state index contributed by atoms with van der Waals surface area (Å²) in [5, 5.41) is 26.3. The number of carbonyl (C=O) groups excluding carboxylic acids is 4. The second-order valence-electron chi connectivity index (χ2n) is 23.9. The molecule has 4 heterocycles. The molecular weight excluding hydrogens is 1050 g/mol. The summed E-state index contributed by atoms with van der Waals surface area (Å²) in [5.74, 6) is -4.78. The number of aliphatic hydroxyl groups is 2. The van der Waals surface area contributed by atoms with E-state index >= 15 is 9.59 Å². The number of cyclic esters (lactones) is 1. The number of carbonyl (C=O) groups is 4. The predicted octanol–water partition coefficient (Wildman–Crippen LogP) is 5.34. The number of nitrogens with one attached hydrogen (secondary N) is 1. The van der Waals surface area contributed by atoms with Gasteiger partial charge in [-0.1, -0.05) is 39.8 Å². The Bertz CT molecular complexity index is 2330. The van der Waals surface area contributed by atoms with Gasteiger partial charge in [-0.15, -0.1) is 0 Å². The Morgan fingerprint density at radius 1 is 0.949 bits per heavy atom. The van der Waals surface area contributed by atoms with Gasteiger partial charge in [0.1, 0.15) is 30.8 Å². The third-order valence-corrected chi connectivity index (χ3v) is 18.7. The number of ketones is 1. The second-order valence-corrected chi connectivity index (χ2v) is 25.9. The van der Waals surface area contributed by atoms with Crippen molar-refractivity contribution in [3.05, 3.63) is 29.8 Å². The molecule has 3 N–H and O–H groups in total. The number of halogens is 1. The van der Waals surface area contributed by atoms with Crippen LogP contribution in [0.1, 0.15) is 126 Å². The Morgan fingerprint density at radius 3 is 2.20 bits per heavy atom. The van der Waals surface area contributed by atoms with Gasteiger partial charge in [-0.3, -0.25) is 14.4 Å². The monoisotopic (exact) mass is 1140 g/mol. The van der Waals surface area contributed by atoms with Crippen molar-refractivity contribution in [2.45, 2.75) is 228 Å². The highest BCUT2D eigenvalue weighted by atomic mass is 32.2. The van der Waals surface area contributed by atoms with E-state index in [4.69, 9.17) is 42.6 Å². The Balaban J connectivity index is 1.31. The van der Waals surface area contributed by atoms with Gasteiger partial charge in [0.2, 0.25) is 5.91 Å². The van der Waals surface area contributed by atoms with Crippen LogP contribution in [0.2, 0.25) is 0 Å². The summed E-state index contributed by atoms with van der Waals surface area (Å²) < 4.78 is 96.0. The van der Waals surface area contributed by atoms with E-state index in [-0.39, 0.29) is 62.0 Å². The minimum Gasteiger partial charge on any atom is -0.458 e. The molecule has 0 radical (unpaired) electrons. The molecule has 5 aliphatic rings. The van der Waals surface area contributed by atoms with Crippen molar-refractivity contribution in [1.82, 2.24) is 15.1 Å². The highest BCUT2D eigenvalue weighted by Gasteiger charge is 2.61. The molecule has 1 saturated carbocycles. The molecular formula is C57H92FN3O17S. The van der Waals surface area contributed by atoms with E-state index in [1.807, 2.05) is 25.7 Å². The molecule has 0 bridgehead atoms. The van der Waals surface area contributed by atoms with Crippen molar-refractivity contribution in [3.8, 4) is 0 Å². The number of hydrogen-bond acceptors (Lipinski definition) is 18. The Hall–Kier alpha value is -3.42. The standard InChI is InChI=1S/C57H92FN3O17S/c1-15-43-57(10)49(61(54(67)78-57)24-16-26-72-40-19-20-40)34(4)46(63)32(2)29-56(9,71-13)51(35(5)48(36(6)52(66)75-43)76-45-30-55(8,70-12)50(65)37(7)74-45)77-53-47(64)42(27-33(3)73-53)60(11)25-23-44(62)59-39(31-58)28-38-17-21-41(22-18-38)79(14,68)69/h17-18,21-22,32-37,39-40,42-43,45,47-51,53,64-65H,15-16,19-20,23-31H2,1-14H3,(H,59,62)/t32-,33-,34+,35+,36-,37+,39+,42+,43-,45+,47-,48+,49?,50+,51-,53+,55?,56?,57?/m1/s1. The molecule has 450 valence electrons. The first kappa shape index (κ1) is 64.7. The second kappa shape index (κ2) is 26.9. The number of rotatable bonds is 21. The van der Waals surface area contributed by atoms with Crippen molar-refractivity contribution >= 4 is 33.6 Å². The maximum Gasteiger partial charge on any atom is 0.410 e. The van der Waals surface area contributed by atoms with E-state index in [9.17, 15) is 32.6 Å². The van der Waals surface area contributed by atoms with Gasteiger partial charge in [-0.05, 0) is 111 Å². The first-order valence-corrected chi connectivity index (χ1v) is 30.2. The van der Waals surface area contributed by atoms with Crippen molar-refractivity contribution in [2.24, 2.45) is 23.7 Å². The van der Waals surface area contributed by atoms with E-state index < -0.39 is 148 Å². The molecule has 79 heavy (non-hydrogen) atoms. The zero-order valence-corrected chi connectivity index (χ0v) is 49.8. The average Bonchev–Trinajstić information content (AvgIpc) is 4.19. The number of esters is 1. The van der Waals surface area contributed by atoms with Crippen LogP contribution < -0.4 is 5.32 Å². The topological polar surface area (TPSA) is 244 Å². The van der Waals surface area contributed by atoms with Gasteiger partial charge < -0.3 is 68.0 Å². The largest absolute Gasteiger partial charge is 0.458 e. The van der Waals surface area contributed by atoms with E-state index in [0.29, 0.717) is 25.0 Å². The van der Waals surface area contributed by atoms with Gasteiger partial charge in [0.15, 0.2) is 28.0 Å². The molecule has 1 aromatic rings. The van der Waals surface area contributed by atoms with Gasteiger partial charge in [-0.2, -0.15) is 0 Å². The van der Waals surface area contributed by atoms with Gasteiger partial charge in [0.25, 0.3) is 0 Å². The Labute approximate surface area is 467 Å². The van der Waals surface area contributed by atoms with Crippen molar-refractivity contribution in [1.29, 1.82) is 0 Å². The number of nitrogens with zero attached hydrogens (tertiary/aromatic N) is 2. The summed E-state index contributed by atoms with van der Waals surface area (Å²) in [6.45, 7) is 17.7. The number of fused-ring (bicyclic) bond motifs is 1. The molecule has 4 saturated heterocycles. The minimum absolute atomic E-state index is 0.0461. The van der Waals surface area contributed by atoms with Gasteiger partial charge in [-0.25, -0.2) is 17.6 Å². The molecule has 6 rings (SSSR count). The van der Waals surface area contributed by atoms with Crippen molar-refractivity contribution in [3.63, 3.8) is 0 Å². The van der Waals surface area contributed by atoms with E-state index in [2.05, 4.69) is 5.32 Å². The molecule has 22 heteroatoms. The summed E-state index contributed by atoms with van der Waals surface area (Å²) in [5.41, 5.74) is -3.30. The fourth-order valence-corrected chi connectivity index (χ4v) is 13.2. The van der Waals surface area contributed by atoms with Crippen LogP contribution in [-0.2, 0) is 73.3 Å². The quantitative estimate of drug-likeness (QED) is 0.104. The number of sulfone groups is 1. The predicted molar refractivity (Wildman–Crippen MR) is 288 cm³/mol. The summed E-state index contributed by atoms with van der Waals surface area (Å²) in [6.07, 6.45) is -5.20. The maximum absolute atomic E-state index is 15.1. The smallest absolute Gasteiger partial charge is 0.410 e. The molecule has 0 spiro atoms. The van der Waals surface area contributed by atoms with Crippen LogP contribution in [0.4, 0.5) is 9.18 Å². The third-order valence-electron chi connectivity index (χ3n) is 17.5. The minimum atomic E-state index is -3.42. The Morgan fingerprint density at radius 2 is 1.61 bits per heavy atom. The van der Waals surface area contributed by atoms with Crippen LogP contribution in [0.5, 0.6) is 0 Å². The summed E-state index contributed by atoms with van der Waals surface area (Å²) in [7, 11) is 1.33. The number of likely N-dealkylation sites (N-methyl/N-ethyl adjacent to an activating group) is 1. The zero-order chi connectivity index (χ0) is 58.5. The zero-order valence-electron chi connectivity index (χ0n) is 49.0. The molecule has 4 unspecified atom stereocenters. The summed E-state index contributed by atoms with van der Waals surface area (Å²) in [4.78, 5) is 61.1. The lowest BCUT2D eigenvalue weighted by Gasteiger charge is -2.50. The molecule has 4 aliphatic heterocycles. The number of Topliss-reactive ketones (excluding diaryl/α,β-unsaturated/α-hetero) is 1. The highest BCUT2D eigenvalue weighted by Crippen LogP contribution is 2.45. The highest BCUT2D eigenvalue weighted by molar-refractivity contribution is 7.90. The van der Waals surface area contributed by atoms with Crippen LogP contribution in [0.25, 0.3) is 0 Å². The lowest BCUT2D eigenvalue weighted by atomic mass is 9.73. The SMILES string of the molecule is CC[C@H]1OC(=O)[C@H](C)[C@@H](O[C@H]2CC(C)(OC)[C@@H](O)[C@H](C)O2)[C@H](C)[C@@H](O[C@@H]2O[C@H](C)C[C@H](N(C)CCC(=O)N[C@H](CF)Cc3ccc(S(C)(=O)=O)cc3)[C@H]2O)C(C)(OC)C[C@@H](C)C(=O)[C@H](C)C2N(CCCOC3CC3)C(=O)OC21C. The maximum atomic E-state index is 15.1. The third kappa shape index (κ3) is 15.2. The van der Waals surface area contributed by atoms with Crippen LogP contribution in [0.15, 0.2) is 29.2 Å². The van der Waals surface area contributed by atoms with Gasteiger partial charge in [0, 0.05) is 76.8 Å². The molecule has 0 aromatic heterocycles. The molecule has 2 amide bonds. The first-order valence-electron chi connectivity index (χ1n) is 28.3. The lowest BCUT2D eigenvalue weighted by molar-refractivity contribution is -0.319. The molecule has 20 nitrogen and oxygen atoms in total. The summed E-state index contributed by atoms with van der Waals surface area (Å²) in [6, 6.07) is 3.76. The number of hydrogen-bond donors (Lipinski definition) is 3. The summed E-state index contributed by atoms with van der Waals surface area (Å²) >= 11 is 0. The number of amides is 2. The number of aliphatic hydroxyl groups excluding tert-OH is 2. The molecule has 5 fully saturated rings.